The molecule has 0 aliphatic carbocycles. The molecule has 0 aliphatic rings. The monoisotopic (exact) mass is 360 g/mol. The molecule has 3 aromatic rings. The number of rotatable bonds is 3. The maximum absolute atomic E-state index is 13.2. The minimum absolute atomic E-state index is 0.295. The molecular formula is C18H12AsF3. The van der Waals surface area contributed by atoms with E-state index in [1.54, 1.807) is 36.4 Å². The Morgan fingerprint density at radius 3 is 0.864 bits per heavy atom. The van der Waals surface area contributed by atoms with Crippen molar-refractivity contribution in [3.05, 3.63) is 90.2 Å². The van der Waals surface area contributed by atoms with Crippen LogP contribution in [0.1, 0.15) is 0 Å². The van der Waals surface area contributed by atoms with E-state index in [2.05, 4.69) is 0 Å². The Labute approximate surface area is 131 Å². The summed E-state index contributed by atoms with van der Waals surface area (Å²) in [7, 11) is 0. The van der Waals surface area contributed by atoms with Crippen LogP contribution in [0.5, 0.6) is 0 Å². The summed E-state index contributed by atoms with van der Waals surface area (Å²) in [5, 5.41) is 0. The Balaban J connectivity index is 2.10. The average molecular weight is 360 g/mol. The molecule has 0 N–H and O–H groups in total. The molecule has 4 heteroatoms. The van der Waals surface area contributed by atoms with Crippen LogP contribution in [0.2, 0.25) is 0 Å². The van der Waals surface area contributed by atoms with E-state index in [1.807, 2.05) is 0 Å². The number of hydrogen-bond donors (Lipinski definition) is 0. The molecule has 0 aromatic heterocycles. The van der Waals surface area contributed by atoms with Crippen LogP contribution in [0.3, 0.4) is 0 Å². The normalized spacial score (nSPS) is 10.9. The standard InChI is InChI=1S/C18H12AsF3/c20-16-7-1-13(2-8-16)19(14-3-9-17(21)10-4-14)15-5-11-18(22)12-6-15/h1-12H. The third-order valence-corrected chi connectivity index (χ3v) is 8.38. The molecule has 110 valence electrons. The van der Waals surface area contributed by atoms with E-state index in [1.165, 1.54) is 36.4 Å². The summed E-state index contributed by atoms with van der Waals surface area (Å²) in [5.41, 5.74) is 0. The molecule has 22 heavy (non-hydrogen) atoms. The van der Waals surface area contributed by atoms with Gasteiger partial charge in [-0.15, -0.1) is 0 Å². The quantitative estimate of drug-likeness (QED) is 0.630. The van der Waals surface area contributed by atoms with Crippen molar-refractivity contribution in [2.45, 2.75) is 0 Å². The van der Waals surface area contributed by atoms with Crippen LogP contribution in [0.15, 0.2) is 72.8 Å². The molecule has 3 aromatic carbocycles. The van der Waals surface area contributed by atoms with Gasteiger partial charge in [-0.25, -0.2) is 0 Å². The van der Waals surface area contributed by atoms with E-state index in [-0.39, 0.29) is 17.5 Å². The van der Waals surface area contributed by atoms with Crippen LogP contribution < -0.4 is 13.1 Å². The van der Waals surface area contributed by atoms with Crippen LogP contribution in [0, 0.1) is 17.5 Å². The molecule has 0 saturated carbocycles. The zero-order valence-electron chi connectivity index (χ0n) is 11.5. The van der Waals surface area contributed by atoms with E-state index < -0.39 is 14.7 Å². The molecule has 0 aliphatic heterocycles. The van der Waals surface area contributed by atoms with Crippen LogP contribution >= 0.6 is 0 Å². The van der Waals surface area contributed by atoms with Gasteiger partial charge in [-0.1, -0.05) is 0 Å². The Kier molecular flexibility index (Phi) is 4.35. The van der Waals surface area contributed by atoms with Gasteiger partial charge in [0, 0.05) is 0 Å². The minimum atomic E-state index is -1.95. The number of hydrogen-bond acceptors (Lipinski definition) is 0. The third-order valence-electron chi connectivity index (χ3n) is 3.25. The van der Waals surface area contributed by atoms with Crippen molar-refractivity contribution in [3.63, 3.8) is 0 Å². The molecule has 0 radical (unpaired) electrons. The molecule has 0 unspecified atom stereocenters. The van der Waals surface area contributed by atoms with Gasteiger partial charge in [0.15, 0.2) is 0 Å². The van der Waals surface area contributed by atoms with Crippen molar-refractivity contribution in [2.24, 2.45) is 0 Å². The molecule has 0 spiro atoms. The van der Waals surface area contributed by atoms with Crippen molar-refractivity contribution in [3.8, 4) is 0 Å². The maximum atomic E-state index is 13.2. The first-order chi connectivity index (χ1) is 10.6. The molecule has 0 amide bonds. The van der Waals surface area contributed by atoms with Gasteiger partial charge >= 0.3 is 131 Å². The van der Waals surface area contributed by atoms with Crippen molar-refractivity contribution in [1.82, 2.24) is 0 Å². The predicted molar refractivity (Wildman–Crippen MR) is 83.9 cm³/mol. The Bertz CT molecular complexity index is 642. The molecule has 0 fully saturated rings. The van der Waals surface area contributed by atoms with Crippen molar-refractivity contribution in [2.75, 3.05) is 0 Å². The summed E-state index contributed by atoms with van der Waals surface area (Å²) in [4.78, 5) is 0. The van der Waals surface area contributed by atoms with Crippen molar-refractivity contribution < 1.29 is 13.2 Å². The van der Waals surface area contributed by atoms with E-state index in [9.17, 15) is 13.2 Å². The summed E-state index contributed by atoms with van der Waals surface area (Å²) >= 11 is -1.95. The summed E-state index contributed by atoms with van der Waals surface area (Å²) in [6.07, 6.45) is 0. The summed E-state index contributed by atoms with van der Waals surface area (Å²) in [5.74, 6) is -0.886. The van der Waals surface area contributed by atoms with Gasteiger partial charge < -0.3 is 0 Å². The molecule has 0 nitrogen and oxygen atoms in total. The zero-order valence-corrected chi connectivity index (χ0v) is 13.4. The van der Waals surface area contributed by atoms with E-state index in [0.29, 0.717) is 0 Å². The summed E-state index contributed by atoms with van der Waals surface area (Å²) in [6, 6.07) is 19.0. The van der Waals surface area contributed by atoms with Crippen LogP contribution in [-0.4, -0.2) is 14.7 Å². The first-order valence-corrected chi connectivity index (χ1v) is 9.52. The van der Waals surface area contributed by atoms with Gasteiger partial charge in [0.1, 0.15) is 0 Å². The van der Waals surface area contributed by atoms with Gasteiger partial charge in [0.05, 0.1) is 0 Å². The average Bonchev–Trinajstić information content (AvgIpc) is 2.53. The van der Waals surface area contributed by atoms with Gasteiger partial charge in [-0.2, -0.15) is 0 Å². The Morgan fingerprint density at radius 1 is 0.409 bits per heavy atom. The van der Waals surface area contributed by atoms with Crippen LogP contribution in [0.25, 0.3) is 0 Å². The summed E-state index contributed by atoms with van der Waals surface area (Å²) < 4.78 is 42.6. The van der Waals surface area contributed by atoms with E-state index >= 15 is 0 Å². The first kappa shape index (κ1) is 14.9. The van der Waals surface area contributed by atoms with Gasteiger partial charge in [0.25, 0.3) is 0 Å². The SMILES string of the molecule is Fc1ccc([As](c2ccc(F)cc2)c2ccc(F)cc2)cc1. The molecule has 3 rings (SSSR count). The Morgan fingerprint density at radius 2 is 0.636 bits per heavy atom. The van der Waals surface area contributed by atoms with Crippen LogP contribution in [0.4, 0.5) is 13.2 Å². The van der Waals surface area contributed by atoms with Crippen molar-refractivity contribution in [1.29, 1.82) is 0 Å². The second-order valence-electron chi connectivity index (χ2n) is 4.76. The number of benzene rings is 3. The van der Waals surface area contributed by atoms with Gasteiger partial charge in [-0.05, 0) is 0 Å². The van der Waals surface area contributed by atoms with Crippen molar-refractivity contribution >= 4 is 27.7 Å². The fourth-order valence-electron chi connectivity index (χ4n) is 2.22. The van der Waals surface area contributed by atoms with Gasteiger partial charge in [-0.3, -0.25) is 0 Å². The van der Waals surface area contributed by atoms with Gasteiger partial charge in [0.2, 0.25) is 0 Å². The molecule has 0 heterocycles. The molecule has 0 atom stereocenters. The second kappa shape index (κ2) is 6.41. The molecule has 0 saturated heterocycles. The zero-order chi connectivity index (χ0) is 15.5. The summed E-state index contributed by atoms with van der Waals surface area (Å²) in [6.45, 7) is 0. The fourth-order valence-corrected chi connectivity index (χ4v) is 6.91. The predicted octanol–water partition coefficient (Wildman–Crippen LogP) is 2.62. The number of halogens is 3. The van der Waals surface area contributed by atoms with Crippen LogP contribution in [-0.2, 0) is 0 Å². The molecular weight excluding hydrogens is 348 g/mol. The first-order valence-electron chi connectivity index (χ1n) is 6.70. The van der Waals surface area contributed by atoms with E-state index in [0.717, 1.165) is 13.1 Å². The molecule has 0 bridgehead atoms. The van der Waals surface area contributed by atoms with E-state index in [4.69, 9.17) is 0 Å². The second-order valence-corrected chi connectivity index (χ2v) is 9.42. The third kappa shape index (κ3) is 3.25. The fraction of sp³-hybridized carbons (Fsp3) is 0. The Hall–Kier alpha value is -1.99. The topological polar surface area (TPSA) is 0 Å².